The fourth-order valence-electron chi connectivity index (χ4n) is 4.13. The zero-order valence-corrected chi connectivity index (χ0v) is 13.9. The predicted molar refractivity (Wildman–Crippen MR) is 88.0 cm³/mol. The molecule has 0 N–H and O–H groups in total. The molecule has 0 saturated carbocycles. The van der Waals surface area contributed by atoms with Gasteiger partial charge in [-0.05, 0) is 19.1 Å². The summed E-state index contributed by atoms with van der Waals surface area (Å²) < 4.78 is 16.9. The van der Waals surface area contributed by atoms with Gasteiger partial charge in [-0.3, -0.25) is 9.59 Å². The van der Waals surface area contributed by atoms with Crippen LogP contribution < -0.4 is 4.90 Å². The van der Waals surface area contributed by atoms with E-state index < -0.39 is 17.4 Å². The van der Waals surface area contributed by atoms with Gasteiger partial charge in [-0.15, -0.1) is 0 Å². The number of carbonyl (C=O) groups is 2. The van der Waals surface area contributed by atoms with Gasteiger partial charge in [0.2, 0.25) is 11.8 Å². The van der Waals surface area contributed by atoms with Crippen LogP contribution in [-0.4, -0.2) is 49.4 Å². The van der Waals surface area contributed by atoms with Crippen molar-refractivity contribution < 1.29 is 23.8 Å². The average Bonchev–Trinajstić information content (AvgIpc) is 3.15. The van der Waals surface area contributed by atoms with Gasteiger partial charge in [-0.2, -0.15) is 0 Å². The van der Waals surface area contributed by atoms with E-state index in [1.165, 1.54) is 4.90 Å². The molecule has 6 nitrogen and oxygen atoms in total. The van der Waals surface area contributed by atoms with Crippen molar-refractivity contribution in [3.8, 4) is 0 Å². The van der Waals surface area contributed by atoms with E-state index in [9.17, 15) is 9.59 Å². The molecule has 3 fully saturated rings. The molecule has 1 aromatic carbocycles. The van der Waals surface area contributed by atoms with Crippen molar-refractivity contribution in [2.75, 3.05) is 24.7 Å². The third kappa shape index (κ3) is 2.21. The number of carbonyl (C=O) groups excluding carboxylic acids is 2. The zero-order chi connectivity index (χ0) is 17.2. The van der Waals surface area contributed by atoms with Gasteiger partial charge in [0, 0.05) is 0 Å². The molecule has 4 heterocycles. The Balaban J connectivity index is 1.43. The van der Waals surface area contributed by atoms with Crippen molar-refractivity contribution in [2.24, 2.45) is 11.8 Å². The van der Waals surface area contributed by atoms with Crippen LogP contribution in [0.1, 0.15) is 5.56 Å². The summed E-state index contributed by atoms with van der Waals surface area (Å²) in [6, 6.07) is 7.44. The number of rotatable bonds is 5. The van der Waals surface area contributed by atoms with Gasteiger partial charge in [-0.1, -0.05) is 29.8 Å². The maximum atomic E-state index is 13.1. The lowest BCUT2D eigenvalue weighted by molar-refractivity contribution is -0.129. The Bertz CT molecular complexity index is 769. The molecule has 25 heavy (non-hydrogen) atoms. The Kier molecular flexibility index (Phi) is 3.20. The van der Waals surface area contributed by atoms with Crippen LogP contribution in [-0.2, 0) is 23.8 Å². The highest BCUT2D eigenvalue weighted by molar-refractivity contribution is 6.23. The van der Waals surface area contributed by atoms with Gasteiger partial charge in [0.15, 0.2) is 0 Å². The average molecular weight is 341 g/mol. The Morgan fingerprint density at radius 3 is 2.72 bits per heavy atom. The summed E-state index contributed by atoms with van der Waals surface area (Å²) in [6.45, 7) is 3.45. The summed E-state index contributed by atoms with van der Waals surface area (Å²) in [4.78, 5) is 27.4. The first-order valence-corrected chi connectivity index (χ1v) is 8.60. The topological polar surface area (TPSA) is 68.4 Å². The largest absolute Gasteiger partial charge is 0.375 e. The number of fused-ring (bicyclic) bond motifs is 5. The number of nitrogens with zero attached hydrogens (tertiary/aromatic N) is 1. The number of aryl methyl sites for hydroxylation is 1. The van der Waals surface area contributed by atoms with Gasteiger partial charge in [0.25, 0.3) is 0 Å². The number of ether oxygens (including phenoxy) is 3. The molecule has 0 spiro atoms. The van der Waals surface area contributed by atoms with Crippen LogP contribution in [0.25, 0.3) is 0 Å². The van der Waals surface area contributed by atoms with Crippen LogP contribution in [0, 0.1) is 18.8 Å². The molecular formula is C19H19NO5. The minimum Gasteiger partial charge on any atom is -0.375 e. The lowest BCUT2D eigenvalue weighted by Crippen LogP contribution is -2.44. The van der Waals surface area contributed by atoms with Crippen LogP contribution in [0.3, 0.4) is 0 Å². The van der Waals surface area contributed by atoms with E-state index in [1.54, 1.807) is 0 Å². The number of hydrogen-bond acceptors (Lipinski definition) is 5. The summed E-state index contributed by atoms with van der Waals surface area (Å²) >= 11 is 0. The van der Waals surface area contributed by atoms with Gasteiger partial charge in [-0.25, -0.2) is 4.90 Å². The Labute approximate surface area is 145 Å². The molecular weight excluding hydrogens is 322 g/mol. The molecule has 0 unspecified atom stereocenters. The number of amides is 2. The lowest BCUT2D eigenvalue weighted by Gasteiger charge is -2.28. The fourth-order valence-corrected chi connectivity index (χ4v) is 4.13. The van der Waals surface area contributed by atoms with E-state index in [-0.39, 0.29) is 30.6 Å². The molecule has 5 rings (SSSR count). The molecule has 0 aliphatic carbocycles. The number of imide groups is 1. The van der Waals surface area contributed by atoms with Crippen LogP contribution in [0.4, 0.5) is 5.69 Å². The summed E-state index contributed by atoms with van der Waals surface area (Å²) in [6.07, 6.45) is 3.59. The van der Waals surface area contributed by atoms with Gasteiger partial charge in [0.1, 0.15) is 11.7 Å². The standard InChI is InChI=1S/C19H19NO5/c1-11-2-4-12(5-3-11)20-17(21)15-14-6-7-19(25-14,16(15)18(20)22)10-23-8-13-9-24-13/h2-7,13-16H,8-10H2,1H3/t13-,14-,15-,16+,19-/m1/s1. The first-order valence-electron chi connectivity index (χ1n) is 8.60. The first-order chi connectivity index (χ1) is 12.1. The molecule has 3 saturated heterocycles. The molecule has 2 amide bonds. The van der Waals surface area contributed by atoms with Gasteiger partial charge >= 0.3 is 0 Å². The van der Waals surface area contributed by atoms with Crippen molar-refractivity contribution in [3.63, 3.8) is 0 Å². The molecule has 2 bridgehead atoms. The first kappa shape index (κ1) is 15.3. The van der Waals surface area contributed by atoms with Crippen LogP contribution >= 0.6 is 0 Å². The second kappa shape index (κ2) is 5.24. The minimum atomic E-state index is -0.837. The fraction of sp³-hybridized carbons (Fsp3) is 0.474. The van der Waals surface area contributed by atoms with Crippen molar-refractivity contribution >= 4 is 17.5 Å². The maximum Gasteiger partial charge on any atom is 0.241 e. The van der Waals surface area contributed by atoms with E-state index >= 15 is 0 Å². The Hall–Kier alpha value is -2.02. The van der Waals surface area contributed by atoms with Crippen molar-refractivity contribution in [3.05, 3.63) is 42.0 Å². The predicted octanol–water partition coefficient (Wildman–Crippen LogP) is 1.22. The van der Waals surface area contributed by atoms with Crippen LogP contribution in [0.5, 0.6) is 0 Å². The van der Waals surface area contributed by atoms with E-state index in [4.69, 9.17) is 14.2 Å². The summed E-state index contributed by atoms with van der Waals surface area (Å²) in [7, 11) is 0. The minimum absolute atomic E-state index is 0.153. The van der Waals surface area contributed by atoms with Crippen LogP contribution in [0.2, 0.25) is 0 Å². The number of hydrogen-bond donors (Lipinski definition) is 0. The molecule has 0 aromatic heterocycles. The Morgan fingerprint density at radius 2 is 2.00 bits per heavy atom. The highest BCUT2D eigenvalue weighted by atomic mass is 16.6. The molecule has 6 heteroatoms. The molecule has 1 aromatic rings. The van der Waals surface area contributed by atoms with Crippen molar-refractivity contribution in [2.45, 2.75) is 24.7 Å². The molecule has 4 aliphatic rings. The molecule has 5 atom stereocenters. The second-order valence-electron chi connectivity index (χ2n) is 7.22. The number of benzene rings is 1. The van der Waals surface area contributed by atoms with E-state index in [2.05, 4.69) is 0 Å². The highest BCUT2D eigenvalue weighted by Crippen LogP contribution is 2.52. The third-order valence-corrected chi connectivity index (χ3v) is 5.48. The molecule has 130 valence electrons. The summed E-state index contributed by atoms with van der Waals surface area (Å²) in [5.41, 5.74) is 0.869. The van der Waals surface area contributed by atoms with Crippen LogP contribution in [0.15, 0.2) is 36.4 Å². The smallest absolute Gasteiger partial charge is 0.241 e. The lowest BCUT2D eigenvalue weighted by atomic mass is 9.77. The zero-order valence-electron chi connectivity index (χ0n) is 13.9. The molecule has 4 aliphatic heterocycles. The highest BCUT2D eigenvalue weighted by Gasteiger charge is 2.67. The van der Waals surface area contributed by atoms with Gasteiger partial charge < -0.3 is 14.2 Å². The van der Waals surface area contributed by atoms with E-state index in [0.29, 0.717) is 12.3 Å². The maximum absolute atomic E-state index is 13.1. The Morgan fingerprint density at radius 1 is 1.24 bits per heavy atom. The van der Waals surface area contributed by atoms with Gasteiger partial charge in [0.05, 0.1) is 43.4 Å². The summed E-state index contributed by atoms with van der Waals surface area (Å²) in [5, 5.41) is 0. The number of anilines is 1. The van der Waals surface area contributed by atoms with Crippen molar-refractivity contribution in [1.82, 2.24) is 0 Å². The normalized spacial score (nSPS) is 37.9. The monoisotopic (exact) mass is 341 g/mol. The third-order valence-electron chi connectivity index (χ3n) is 5.48. The van der Waals surface area contributed by atoms with E-state index in [0.717, 1.165) is 12.2 Å². The van der Waals surface area contributed by atoms with Crippen molar-refractivity contribution in [1.29, 1.82) is 0 Å². The SMILES string of the molecule is Cc1ccc(N2C(=O)[C@H]3[C@@H](C2=O)[C@]2(COC[C@@H]4CO4)C=C[C@H]3O2)cc1. The number of epoxide rings is 1. The summed E-state index contributed by atoms with van der Waals surface area (Å²) in [5.74, 6) is -1.35. The molecule has 0 radical (unpaired) electrons. The van der Waals surface area contributed by atoms with E-state index in [1.807, 2.05) is 43.3 Å². The second-order valence-corrected chi connectivity index (χ2v) is 7.22. The quantitative estimate of drug-likeness (QED) is 0.458.